The van der Waals surface area contributed by atoms with E-state index in [1.807, 2.05) is 6.92 Å². The summed E-state index contributed by atoms with van der Waals surface area (Å²) < 4.78 is 58.2. The molecule has 0 radical (unpaired) electrons. The Morgan fingerprint density at radius 3 is 2.61 bits per heavy atom. The van der Waals surface area contributed by atoms with Crippen molar-refractivity contribution in [3.05, 3.63) is 70.6 Å². The lowest BCUT2D eigenvalue weighted by Crippen LogP contribution is -2.09. The summed E-state index contributed by atoms with van der Waals surface area (Å²) in [6, 6.07) is 6.23. The molecule has 0 aliphatic heterocycles. The number of methoxy groups -OCH3 is 2. The van der Waals surface area contributed by atoms with Gasteiger partial charge in [-0.25, -0.2) is 22.9 Å². The predicted molar refractivity (Wildman–Crippen MR) is 136 cm³/mol. The number of anilines is 2. The minimum atomic E-state index is -1.07. The van der Waals surface area contributed by atoms with Crippen molar-refractivity contribution >= 4 is 46.5 Å². The Labute approximate surface area is 215 Å². The molecular weight excluding hydrogens is 515 g/mol. The number of benzene rings is 2. The van der Waals surface area contributed by atoms with Crippen LogP contribution in [-0.2, 0) is 9.53 Å². The van der Waals surface area contributed by atoms with Crippen LogP contribution >= 0.6 is 23.5 Å². The lowest BCUT2D eigenvalue weighted by molar-refractivity contribution is -0.133. The van der Waals surface area contributed by atoms with Crippen molar-refractivity contribution in [3.63, 3.8) is 0 Å². The molecule has 0 atom stereocenters. The fourth-order valence-electron chi connectivity index (χ4n) is 3.35. The number of esters is 1. The third-order valence-electron chi connectivity index (χ3n) is 5.12. The SMILES string of the molecule is CCC/C=C(/C(=O)OC)c1ccc(-c2c(F)ccc(NSc3cc(Cl)cnc3OC)c2F)c(F)c1N. The molecule has 2 aromatic carbocycles. The number of hydrogen-bond acceptors (Lipinski definition) is 7. The molecule has 11 heteroatoms. The molecule has 36 heavy (non-hydrogen) atoms. The monoisotopic (exact) mass is 537 g/mol. The summed E-state index contributed by atoms with van der Waals surface area (Å²) in [5, 5.41) is 0.331. The smallest absolute Gasteiger partial charge is 0.338 e. The van der Waals surface area contributed by atoms with Crippen molar-refractivity contribution < 1.29 is 27.4 Å². The largest absolute Gasteiger partial charge is 0.480 e. The minimum absolute atomic E-state index is 0.0686. The van der Waals surface area contributed by atoms with Crippen molar-refractivity contribution in [2.24, 2.45) is 0 Å². The Bertz CT molecular complexity index is 1320. The summed E-state index contributed by atoms with van der Waals surface area (Å²) in [5.74, 6) is -3.56. The fourth-order valence-corrected chi connectivity index (χ4v) is 4.35. The van der Waals surface area contributed by atoms with E-state index >= 15 is 8.78 Å². The van der Waals surface area contributed by atoms with Gasteiger partial charge in [-0.15, -0.1) is 0 Å². The van der Waals surface area contributed by atoms with Crippen molar-refractivity contribution in [3.8, 4) is 17.0 Å². The first-order valence-corrected chi connectivity index (χ1v) is 11.9. The number of carbonyl (C=O) groups is 1. The van der Waals surface area contributed by atoms with Crippen LogP contribution in [0.2, 0.25) is 5.02 Å². The van der Waals surface area contributed by atoms with Gasteiger partial charge >= 0.3 is 5.97 Å². The molecule has 3 N–H and O–H groups in total. The van der Waals surface area contributed by atoms with Crippen LogP contribution in [0.25, 0.3) is 16.7 Å². The Morgan fingerprint density at radius 1 is 1.19 bits per heavy atom. The van der Waals surface area contributed by atoms with Crippen LogP contribution in [0, 0.1) is 17.5 Å². The van der Waals surface area contributed by atoms with Gasteiger partial charge in [0.1, 0.15) is 5.82 Å². The molecule has 6 nitrogen and oxygen atoms in total. The third-order valence-corrected chi connectivity index (χ3v) is 6.16. The maximum atomic E-state index is 15.4. The van der Waals surface area contributed by atoms with Crippen LogP contribution in [-0.4, -0.2) is 25.2 Å². The molecule has 3 rings (SSSR count). The summed E-state index contributed by atoms with van der Waals surface area (Å²) in [6.07, 6.45) is 4.22. The number of halogens is 4. The Hall–Kier alpha value is -3.37. The van der Waals surface area contributed by atoms with E-state index in [0.29, 0.717) is 16.3 Å². The molecule has 0 saturated heterocycles. The van der Waals surface area contributed by atoms with Crippen LogP contribution in [0.4, 0.5) is 24.5 Å². The summed E-state index contributed by atoms with van der Waals surface area (Å²) in [6.45, 7) is 1.91. The second kappa shape index (κ2) is 12.0. The lowest BCUT2D eigenvalue weighted by atomic mass is 9.96. The van der Waals surface area contributed by atoms with Gasteiger partial charge in [0.2, 0.25) is 5.88 Å². The highest BCUT2D eigenvalue weighted by Gasteiger charge is 2.24. The zero-order valence-electron chi connectivity index (χ0n) is 19.6. The van der Waals surface area contributed by atoms with Gasteiger partial charge in [0, 0.05) is 17.3 Å². The van der Waals surface area contributed by atoms with Crippen molar-refractivity contribution in [2.75, 3.05) is 24.7 Å². The van der Waals surface area contributed by atoms with E-state index in [1.165, 1.54) is 38.6 Å². The Morgan fingerprint density at radius 2 is 1.94 bits per heavy atom. The van der Waals surface area contributed by atoms with Gasteiger partial charge in [-0.3, -0.25) is 0 Å². The first-order valence-electron chi connectivity index (χ1n) is 10.7. The highest BCUT2D eigenvalue weighted by atomic mass is 35.5. The third kappa shape index (κ3) is 5.71. The fraction of sp³-hybridized carbons (Fsp3) is 0.200. The van der Waals surface area contributed by atoms with E-state index in [0.717, 1.165) is 24.4 Å². The molecule has 190 valence electrons. The average Bonchev–Trinajstić information content (AvgIpc) is 2.87. The topological polar surface area (TPSA) is 86.5 Å². The van der Waals surface area contributed by atoms with Gasteiger partial charge < -0.3 is 19.9 Å². The first kappa shape index (κ1) is 27.2. The average molecular weight is 538 g/mol. The second-order valence-corrected chi connectivity index (χ2v) is 8.72. The number of aromatic nitrogens is 1. The molecule has 0 saturated carbocycles. The van der Waals surface area contributed by atoms with Crippen LogP contribution < -0.4 is 15.2 Å². The van der Waals surface area contributed by atoms with E-state index < -0.39 is 40.2 Å². The van der Waals surface area contributed by atoms with Gasteiger partial charge in [0.25, 0.3) is 0 Å². The van der Waals surface area contributed by atoms with Crippen molar-refractivity contribution in [1.82, 2.24) is 4.98 Å². The zero-order chi connectivity index (χ0) is 26.4. The normalized spacial score (nSPS) is 11.4. The van der Waals surface area contributed by atoms with Gasteiger partial charge in [-0.1, -0.05) is 43.2 Å². The molecule has 0 aliphatic carbocycles. The number of pyridine rings is 1. The molecule has 0 aliphatic rings. The van der Waals surface area contributed by atoms with Crippen molar-refractivity contribution in [2.45, 2.75) is 24.7 Å². The first-order chi connectivity index (χ1) is 17.2. The van der Waals surface area contributed by atoms with Gasteiger partial charge in [-0.05, 0) is 36.6 Å². The molecule has 0 bridgehead atoms. The van der Waals surface area contributed by atoms with E-state index in [1.54, 1.807) is 12.1 Å². The maximum Gasteiger partial charge on any atom is 0.338 e. The quantitative estimate of drug-likeness (QED) is 0.133. The van der Waals surface area contributed by atoms with Gasteiger partial charge in [-0.2, -0.15) is 0 Å². The summed E-state index contributed by atoms with van der Waals surface area (Å²) in [4.78, 5) is 16.7. The number of hydrogen-bond donors (Lipinski definition) is 2. The van der Waals surface area contributed by atoms with Gasteiger partial charge in [0.05, 0.1) is 46.6 Å². The number of rotatable bonds is 9. The van der Waals surface area contributed by atoms with Crippen LogP contribution in [0.1, 0.15) is 25.3 Å². The molecule has 0 amide bonds. The van der Waals surface area contributed by atoms with Crippen LogP contribution in [0.5, 0.6) is 5.88 Å². The van der Waals surface area contributed by atoms with E-state index in [2.05, 4.69) is 9.71 Å². The number of ether oxygens (including phenoxy) is 2. The minimum Gasteiger partial charge on any atom is -0.480 e. The number of nitrogens with zero attached hydrogens (tertiary/aromatic N) is 1. The summed E-state index contributed by atoms with van der Waals surface area (Å²) >= 11 is 6.90. The van der Waals surface area contributed by atoms with E-state index in [4.69, 9.17) is 26.8 Å². The summed E-state index contributed by atoms with van der Waals surface area (Å²) in [5.41, 5.74) is 4.55. The highest BCUT2D eigenvalue weighted by Crippen LogP contribution is 2.39. The Balaban J connectivity index is 2.02. The molecule has 1 aromatic heterocycles. The molecular formula is C25H23ClF3N3O3S. The summed E-state index contributed by atoms with van der Waals surface area (Å²) in [7, 11) is 2.61. The lowest BCUT2D eigenvalue weighted by Gasteiger charge is -2.15. The highest BCUT2D eigenvalue weighted by molar-refractivity contribution is 8.00. The molecule has 0 fully saturated rings. The second-order valence-electron chi connectivity index (χ2n) is 7.44. The van der Waals surface area contributed by atoms with Crippen LogP contribution in [0.15, 0.2) is 47.5 Å². The molecule has 3 aromatic rings. The molecule has 0 spiro atoms. The van der Waals surface area contributed by atoms with Crippen LogP contribution in [0.3, 0.4) is 0 Å². The number of nitrogens with two attached hydrogens (primary N) is 1. The number of nitrogen functional groups attached to an aromatic ring is 1. The molecule has 0 unspecified atom stereocenters. The van der Waals surface area contributed by atoms with Gasteiger partial charge in [0.15, 0.2) is 11.6 Å². The predicted octanol–water partition coefficient (Wildman–Crippen LogP) is 6.89. The van der Waals surface area contributed by atoms with E-state index in [-0.39, 0.29) is 22.7 Å². The Kier molecular flexibility index (Phi) is 9.11. The molecule has 1 heterocycles. The maximum absolute atomic E-state index is 15.4. The van der Waals surface area contributed by atoms with Crippen molar-refractivity contribution in [1.29, 1.82) is 0 Å². The zero-order valence-corrected chi connectivity index (χ0v) is 21.2. The number of unbranched alkanes of at least 4 members (excludes halogenated alkanes) is 1. The number of allylic oxidation sites excluding steroid dienone is 1. The number of carbonyl (C=O) groups excluding carboxylic acids is 1. The van der Waals surface area contributed by atoms with E-state index in [9.17, 15) is 9.18 Å². The standard InChI is InChI=1S/C25H23ClF3N3O3S/c1-4-5-6-15(25(33)35-3)14-7-8-16(21(28)23(14)30)20-17(27)9-10-18(22(20)29)32-36-19-11-13(26)12-31-24(19)34-2/h6-12,32H,4-5,30H2,1-3H3/b15-6+. The number of nitrogens with one attached hydrogen (secondary N) is 1.